The highest BCUT2D eigenvalue weighted by molar-refractivity contribution is 5.39. The molecule has 0 radical (unpaired) electrons. The highest BCUT2D eigenvalue weighted by Crippen LogP contribution is 2.20. The van der Waals surface area contributed by atoms with Crippen LogP contribution in [-0.2, 0) is 4.74 Å². The molecule has 0 aromatic carbocycles. The van der Waals surface area contributed by atoms with E-state index in [9.17, 15) is 8.78 Å². The van der Waals surface area contributed by atoms with Gasteiger partial charge in [0.05, 0.1) is 12.7 Å². The molecule has 1 rings (SSSR count). The molecule has 0 fully saturated rings. The van der Waals surface area contributed by atoms with Gasteiger partial charge < -0.3 is 14.8 Å². The van der Waals surface area contributed by atoms with Gasteiger partial charge in [-0.25, -0.2) is 8.78 Å². The molecule has 0 bridgehead atoms. The molecule has 0 unspecified atom stereocenters. The molecule has 1 aromatic rings. The van der Waals surface area contributed by atoms with Crippen molar-refractivity contribution in [1.29, 1.82) is 0 Å². The normalized spacial score (nSPS) is 10.8. The molecule has 1 N–H and O–H groups in total. The first-order valence-corrected chi connectivity index (χ1v) is 5.89. The first-order chi connectivity index (χ1) is 8.54. The number of rotatable bonds is 7. The van der Waals surface area contributed by atoms with Gasteiger partial charge in [0.1, 0.15) is 6.61 Å². The van der Waals surface area contributed by atoms with Gasteiger partial charge >= 0.3 is 0 Å². The summed E-state index contributed by atoms with van der Waals surface area (Å²) in [5.74, 6) is -1.79. The largest absolute Gasteiger partial charge is 0.473 e. The van der Waals surface area contributed by atoms with Gasteiger partial charge in [-0.1, -0.05) is 0 Å². The minimum absolute atomic E-state index is 0.0151. The molecule has 4 nitrogen and oxygen atoms in total. The fourth-order valence-electron chi connectivity index (χ4n) is 1.26. The number of nitrogens with zero attached hydrogens (tertiary/aromatic N) is 1. The van der Waals surface area contributed by atoms with Crippen molar-refractivity contribution in [3.63, 3.8) is 0 Å². The molecule has 0 aliphatic heterocycles. The Kier molecular flexibility index (Phi) is 5.77. The topological polar surface area (TPSA) is 43.4 Å². The van der Waals surface area contributed by atoms with Crippen LogP contribution in [0.4, 0.5) is 14.6 Å². The summed E-state index contributed by atoms with van der Waals surface area (Å²) in [6.07, 6.45) is 0.0805. The van der Waals surface area contributed by atoms with E-state index < -0.39 is 11.6 Å². The highest BCUT2D eigenvalue weighted by atomic mass is 19.1. The Morgan fingerprint density at radius 2 is 2.00 bits per heavy atom. The molecule has 102 valence electrons. The highest BCUT2D eigenvalue weighted by Gasteiger charge is 2.12. The Morgan fingerprint density at radius 3 is 2.61 bits per heavy atom. The average Bonchev–Trinajstić information content (AvgIpc) is 2.29. The number of aromatic nitrogens is 1. The van der Waals surface area contributed by atoms with Crippen LogP contribution in [0.25, 0.3) is 0 Å². The lowest BCUT2D eigenvalue weighted by Crippen LogP contribution is -2.13. The maximum absolute atomic E-state index is 13.4. The first-order valence-electron chi connectivity index (χ1n) is 5.89. The third-order valence-electron chi connectivity index (χ3n) is 2.01. The fourth-order valence-corrected chi connectivity index (χ4v) is 1.26. The van der Waals surface area contributed by atoms with Crippen molar-refractivity contribution < 1.29 is 18.3 Å². The van der Waals surface area contributed by atoms with Gasteiger partial charge in [0, 0.05) is 12.6 Å². The van der Waals surface area contributed by atoms with Crippen molar-refractivity contribution in [2.75, 3.05) is 25.1 Å². The maximum atomic E-state index is 13.4. The summed E-state index contributed by atoms with van der Waals surface area (Å²) in [5.41, 5.74) is 0. The molecule has 1 heterocycles. The van der Waals surface area contributed by atoms with Gasteiger partial charge in [0.25, 0.3) is 5.88 Å². The lowest BCUT2D eigenvalue weighted by Gasteiger charge is -2.11. The second-order valence-corrected chi connectivity index (χ2v) is 3.90. The summed E-state index contributed by atoms with van der Waals surface area (Å²) in [5, 5.41) is 2.69. The Bertz CT molecular complexity index is 387. The number of pyridine rings is 1. The van der Waals surface area contributed by atoms with Crippen molar-refractivity contribution in [3.05, 3.63) is 17.7 Å². The minimum atomic E-state index is -0.821. The molecular weight excluding hydrogens is 242 g/mol. The lowest BCUT2D eigenvalue weighted by molar-refractivity contribution is 0.0533. The smallest absolute Gasteiger partial charge is 0.252 e. The van der Waals surface area contributed by atoms with E-state index in [0.29, 0.717) is 13.2 Å². The number of nitrogens with one attached hydrogen (secondary N) is 1. The van der Waals surface area contributed by atoms with E-state index in [1.165, 1.54) is 0 Å². The van der Waals surface area contributed by atoms with Crippen LogP contribution in [0.2, 0.25) is 0 Å². The minimum Gasteiger partial charge on any atom is -0.473 e. The van der Waals surface area contributed by atoms with Crippen molar-refractivity contribution in [2.45, 2.75) is 26.9 Å². The van der Waals surface area contributed by atoms with Crippen LogP contribution in [0.1, 0.15) is 20.8 Å². The van der Waals surface area contributed by atoms with Gasteiger partial charge in [-0.05, 0) is 20.8 Å². The molecule has 0 amide bonds. The quantitative estimate of drug-likeness (QED) is 0.765. The van der Waals surface area contributed by atoms with Crippen LogP contribution in [0.15, 0.2) is 6.07 Å². The number of hydrogen-bond donors (Lipinski definition) is 1. The van der Waals surface area contributed by atoms with Gasteiger partial charge in [-0.2, -0.15) is 4.98 Å². The molecule has 18 heavy (non-hydrogen) atoms. The predicted octanol–water partition coefficient (Wildman–Crippen LogP) is 2.60. The van der Waals surface area contributed by atoms with Crippen LogP contribution in [0.5, 0.6) is 5.88 Å². The first kappa shape index (κ1) is 14.6. The van der Waals surface area contributed by atoms with Crippen LogP contribution in [-0.4, -0.2) is 30.8 Å². The van der Waals surface area contributed by atoms with Gasteiger partial charge in [-0.15, -0.1) is 0 Å². The van der Waals surface area contributed by atoms with Crippen molar-refractivity contribution in [2.24, 2.45) is 0 Å². The molecule has 1 aromatic heterocycles. The van der Waals surface area contributed by atoms with Gasteiger partial charge in [-0.3, -0.25) is 0 Å². The Morgan fingerprint density at radius 1 is 1.28 bits per heavy atom. The number of halogens is 2. The molecule has 0 spiro atoms. The van der Waals surface area contributed by atoms with Crippen LogP contribution in [0, 0.1) is 11.6 Å². The standard InChI is InChI=1S/C12H18F2N2O2/c1-4-15-11-9(13)7-10(14)12(16-11)18-6-5-17-8(2)3/h7-8H,4-6H2,1-3H3,(H,15,16). The summed E-state index contributed by atoms with van der Waals surface area (Å²) in [6.45, 7) is 6.55. The maximum Gasteiger partial charge on any atom is 0.252 e. The number of ether oxygens (including phenoxy) is 2. The second kappa shape index (κ2) is 7.10. The zero-order valence-electron chi connectivity index (χ0n) is 10.8. The summed E-state index contributed by atoms with van der Waals surface area (Å²) in [6, 6.07) is 0.754. The van der Waals surface area contributed by atoms with E-state index in [-0.39, 0.29) is 24.4 Å². The van der Waals surface area contributed by atoms with Crippen molar-refractivity contribution >= 4 is 5.82 Å². The molecule has 0 aliphatic rings. The number of hydrogen-bond acceptors (Lipinski definition) is 4. The fraction of sp³-hybridized carbons (Fsp3) is 0.583. The Hall–Kier alpha value is -1.43. The third-order valence-corrected chi connectivity index (χ3v) is 2.01. The second-order valence-electron chi connectivity index (χ2n) is 3.90. The number of anilines is 1. The van der Waals surface area contributed by atoms with Crippen LogP contribution < -0.4 is 10.1 Å². The van der Waals surface area contributed by atoms with Crippen molar-refractivity contribution in [3.8, 4) is 5.88 Å². The average molecular weight is 260 g/mol. The molecule has 0 aliphatic carbocycles. The monoisotopic (exact) mass is 260 g/mol. The molecular formula is C12H18F2N2O2. The molecule has 0 saturated heterocycles. The van der Waals surface area contributed by atoms with E-state index in [1.807, 2.05) is 13.8 Å². The van der Waals surface area contributed by atoms with E-state index in [0.717, 1.165) is 6.07 Å². The zero-order chi connectivity index (χ0) is 13.5. The molecule has 0 saturated carbocycles. The van der Waals surface area contributed by atoms with E-state index in [4.69, 9.17) is 9.47 Å². The zero-order valence-corrected chi connectivity index (χ0v) is 10.8. The SMILES string of the molecule is CCNc1nc(OCCOC(C)C)c(F)cc1F. The summed E-state index contributed by atoms with van der Waals surface area (Å²) >= 11 is 0. The summed E-state index contributed by atoms with van der Waals surface area (Å²) in [4.78, 5) is 3.74. The lowest BCUT2D eigenvalue weighted by atomic mass is 10.4. The molecule has 0 atom stereocenters. The summed E-state index contributed by atoms with van der Waals surface area (Å²) < 4.78 is 37.0. The van der Waals surface area contributed by atoms with Crippen LogP contribution in [0.3, 0.4) is 0 Å². The predicted molar refractivity (Wildman–Crippen MR) is 64.9 cm³/mol. The van der Waals surface area contributed by atoms with Gasteiger partial charge in [0.15, 0.2) is 17.5 Å². The van der Waals surface area contributed by atoms with Crippen molar-refractivity contribution in [1.82, 2.24) is 4.98 Å². The summed E-state index contributed by atoms with van der Waals surface area (Å²) in [7, 11) is 0. The van der Waals surface area contributed by atoms with Gasteiger partial charge in [0.2, 0.25) is 0 Å². The Labute approximate surface area is 105 Å². The third kappa shape index (κ3) is 4.44. The van der Waals surface area contributed by atoms with E-state index >= 15 is 0 Å². The molecule has 6 heteroatoms. The van der Waals surface area contributed by atoms with Crippen LogP contribution >= 0.6 is 0 Å². The van der Waals surface area contributed by atoms with E-state index in [1.54, 1.807) is 6.92 Å². The van der Waals surface area contributed by atoms with E-state index in [2.05, 4.69) is 10.3 Å². The Balaban J connectivity index is 2.61.